The minimum absolute atomic E-state index is 0.147. The average molecular weight is 327 g/mol. The highest BCUT2D eigenvalue weighted by atomic mass is 16.2. The lowest BCUT2D eigenvalue weighted by atomic mass is 10.1. The molecule has 0 radical (unpaired) electrons. The number of pyridine rings is 1. The van der Waals surface area contributed by atoms with Gasteiger partial charge in [0.2, 0.25) is 5.95 Å². The molecule has 0 unspecified atom stereocenters. The normalized spacial score (nSPS) is 14.7. The highest BCUT2D eigenvalue weighted by molar-refractivity contribution is 5.39. The molecule has 3 rings (SSSR count). The number of aromatic nitrogens is 3. The van der Waals surface area contributed by atoms with E-state index in [9.17, 15) is 0 Å². The van der Waals surface area contributed by atoms with Crippen LogP contribution in [0.1, 0.15) is 36.2 Å². The first-order valence-electron chi connectivity index (χ1n) is 8.64. The zero-order valence-electron chi connectivity index (χ0n) is 14.2. The number of aliphatic hydroxyl groups is 1. The topological polar surface area (TPSA) is 74.2 Å². The molecule has 3 heterocycles. The summed E-state index contributed by atoms with van der Waals surface area (Å²) in [5.74, 6) is 1.64. The maximum absolute atomic E-state index is 9.04. The quantitative estimate of drug-likeness (QED) is 0.848. The van der Waals surface area contributed by atoms with E-state index in [4.69, 9.17) is 10.1 Å². The molecule has 0 atom stereocenters. The van der Waals surface area contributed by atoms with Gasteiger partial charge in [0.1, 0.15) is 5.82 Å². The van der Waals surface area contributed by atoms with Crippen molar-refractivity contribution in [3.05, 3.63) is 41.3 Å². The minimum Gasteiger partial charge on any atom is -0.396 e. The second kappa shape index (κ2) is 8.06. The first kappa shape index (κ1) is 16.6. The van der Waals surface area contributed by atoms with Gasteiger partial charge in [-0.05, 0) is 56.4 Å². The maximum Gasteiger partial charge on any atom is 0.225 e. The largest absolute Gasteiger partial charge is 0.396 e. The number of nitrogens with zero attached hydrogens (tertiary/aromatic N) is 4. The van der Waals surface area contributed by atoms with Crippen LogP contribution in [0.3, 0.4) is 0 Å². The molecular formula is C18H25N5O. The van der Waals surface area contributed by atoms with Crippen molar-refractivity contribution in [2.45, 2.75) is 39.2 Å². The molecule has 1 aliphatic rings. The summed E-state index contributed by atoms with van der Waals surface area (Å²) in [6, 6.07) is 5.90. The molecule has 0 spiro atoms. The van der Waals surface area contributed by atoms with E-state index in [1.165, 1.54) is 19.3 Å². The molecule has 0 bridgehead atoms. The molecule has 0 saturated carbocycles. The smallest absolute Gasteiger partial charge is 0.225 e. The van der Waals surface area contributed by atoms with Gasteiger partial charge in [-0.2, -0.15) is 0 Å². The summed E-state index contributed by atoms with van der Waals surface area (Å²) in [5, 5.41) is 12.4. The molecule has 6 heteroatoms. The van der Waals surface area contributed by atoms with Crippen LogP contribution in [0.25, 0.3) is 0 Å². The Morgan fingerprint density at radius 2 is 2.00 bits per heavy atom. The van der Waals surface area contributed by atoms with E-state index in [0.29, 0.717) is 13.0 Å². The fourth-order valence-electron chi connectivity index (χ4n) is 2.98. The molecule has 128 valence electrons. The highest BCUT2D eigenvalue weighted by Crippen LogP contribution is 2.17. The zero-order chi connectivity index (χ0) is 16.8. The monoisotopic (exact) mass is 327 g/mol. The van der Waals surface area contributed by atoms with Crippen LogP contribution in [0.5, 0.6) is 0 Å². The summed E-state index contributed by atoms with van der Waals surface area (Å²) in [5.41, 5.74) is 3.03. The van der Waals surface area contributed by atoms with Crippen LogP contribution < -0.4 is 10.2 Å². The van der Waals surface area contributed by atoms with Gasteiger partial charge in [-0.1, -0.05) is 0 Å². The van der Waals surface area contributed by atoms with Crippen molar-refractivity contribution in [3.8, 4) is 0 Å². The van der Waals surface area contributed by atoms with Gasteiger partial charge in [-0.3, -0.25) is 0 Å². The number of aliphatic hydroxyl groups excluding tert-OH is 1. The fourth-order valence-corrected chi connectivity index (χ4v) is 2.98. The van der Waals surface area contributed by atoms with Crippen molar-refractivity contribution in [2.75, 3.05) is 29.9 Å². The third-order valence-electron chi connectivity index (χ3n) is 4.21. The fraction of sp³-hybridized carbons (Fsp3) is 0.500. The molecule has 0 aromatic carbocycles. The Bertz CT molecular complexity index is 670. The van der Waals surface area contributed by atoms with Gasteiger partial charge in [0.05, 0.1) is 12.2 Å². The van der Waals surface area contributed by atoms with Crippen LogP contribution in [0.2, 0.25) is 0 Å². The molecular weight excluding hydrogens is 302 g/mol. The van der Waals surface area contributed by atoms with Crippen molar-refractivity contribution in [3.63, 3.8) is 0 Å². The van der Waals surface area contributed by atoms with Gasteiger partial charge in [0, 0.05) is 31.6 Å². The Morgan fingerprint density at radius 3 is 2.79 bits per heavy atom. The Labute approximate surface area is 143 Å². The van der Waals surface area contributed by atoms with Crippen molar-refractivity contribution >= 4 is 11.8 Å². The number of rotatable bonds is 6. The van der Waals surface area contributed by atoms with Crippen molar-refractivity contribution in [1.82, 2.24) is 15.0 Å². The molecule has 2 aromatic heterocycles. The molecule has 1 saturated heterocycles. The standard InChI is InChI=1S/C18H25N5O/c1-14-11-16(22-18(21-14)23-8-3-2-4-9-23)13-20-17-12-15(6-10-24)5-7-19-17/h5,7,11-12,24H,2-4,6,8-10,13H2,1H3,(H,19,20). The third-order valence-corrected chi connectivity index (χ3v) is 4.21. The Hall–Kier alpha value is -2.21. The van der Waals surface area contributed by atoms with Crippen LogP contribution >= 0.6 is 0 Å². The van der Waals surface area contributed by atoms with E-state index in [1.807, 2.05) is 25.1 Å². The second-order valence-electron chi connectivity index (χ2n) is 6.22. The number of anilines is 2. The summed E-state index contributed by atoms with van der Waals surface area (Å²) < 4.78 is 0. The third kappa shape index (κ3) is 4.41. The zero-order valence-corrected chi connectivity index (χ0v) is 14.2. The van der Waals surface area contributed by atoms with Gasteiger partial charge >= 0.3 is 0 Å². The molecule has 2 aromatic rings. The van der Waals surface area contributed by atoms with Gasteiger partial charge in [-0.15, -0.1) is 0 Å². The SMILES string of the molecule is Cc1cc(CNc2cc(CCO)ccn2)nc(N2CCCCC2)n1. The van der Waals surface area contributed by atoms with E-state index < -0.39 is 0 Å². The summed E-state index contributed by atoms with van der Waals surface area (Å²) >= 11 is 0. The lowest BCUT2D eigenvalue weighted by molar-refractivity contribution is 0.299. The Kier molecular flexibility index (Phi) is 5.59. The van der Waals surface area contributed by atoms with Crippen LogP contribution in [0.15, 0.2) is 24.4 Å². The number of piperidine rings is 1. The van der Waals surface area contributed by atoms with Gasteiger partial charge < -0.3 is 15.3 Å². The van der Waals surface area contributed by atoms with Crippen molar-refractivity contribution in [2.24, 2.45) is 0 Å². The molecule has 0 aliphatic carbocycles. The number of aryl methyl sites for hydroxylation is 1. The number of hydrogen-bond donors (Lipinski definition) is 2. The van der Waals surface area contributed by atoms with Crippen LogP contribution in [-0.2, 0) is 13.0 Å². The van der Waals surface area contributed by atoms with E-state index in [2.05, 4.69) is 20.2 Å². The number of hydrogen-bond acceptors (Lipinski definition) is 6. The van der Waals surface area contributed by atoms with Crippen molar-refractivity contribution < 1.29 is 5.11 Å². The lowest BCUT2D eigenvalue weighted by Crippen LogP contribution is -2.31. The molecule has 2 N–H and O–H groups in total. The van der Waals surface area contributed by atoms with Crippen LogP contribution in [-0.4, -0.2) is 39.8 Å². The Balaban J connectivity index is 1.68. The molecule has 6 nitrogen and oxygen atoms in total. The minimum atomic E-state index is 0.147. The van der Waals surface area contributed by atoms with Gasteiger partial charge in [-0.25, -0.2) is 15.0 Å². The molecule has 24 heavy (non-hydrogen) atoms. The van der Waals surface area contributed by atoms with E-state index in [-0.39, 0.29) is 6.61 Å². The summed E-state index contributed by atoms with van der Waals surface area (Å²) in [6.07, 6.45) is 6.13. The van der Waals surface area contributed by atoms with E-state index in [0.717, 1.165) is 41.8 Å². The summed E-state index contributed by atoms with van der Waals surface area (Å²) in [7, 11) is 0. The van der Waals surface area contributed by atoms with Crippen LogP contribution in [0.4, 0.5) is 11.8 Å². The van der Waals surface area contributed by atoms with Crippen LogP contribution in [0, 0.1) is 6.92 Å². The van der Waals surface area contributed by atoms with Gasteiger partial charge in [0.25, 0.3) is 0 Å². The van der Waals surface area contributed by atoms with Gasteiger partial charge in [0.15, 0.2) is 0 Å². The predicted molar refractivity (Wildman–Crippen MR) is 95.2 cm³/mol. The lowest BCUT2D eigenvalue weighted by Gasteiger charge is -2.27. The predicted octanol–water partition coefficient (Wildman–Crippen LogP) is 2.32. The molecule has 1 fully saturated rings. The summed E-state index contributed by atoms with van der Waals surface area (Å²) in [6.45, 7) is 4.86. The van der Waals surface area contributed by atoms with E-state index in [1.54, 1.807) is 6.20 Å². The molecule has 1 aliphatic heterocycles. The second-order valence-corrected chi connectivity index (χ2v) is 6.22. The Morgan fingerprint density at radius 1 is 1.17 bits per heavy atom. The molecule has 0 amide bonds. The maximum atomic E-state index is 9.04. The van der Waals surface area contributed by atoms with E-state index >= 15 is 0 Å². The number of nitrogens with one attached hydrogen (secondary N) is 1. The van der Waals surface area contributed by atoms with Crippen molar-refractivity contribution in [1.29, 1.82) is 0 Å². The average Bonchev–Trinajstić information content (AvgIpc) is 2.61. The highest BCUT2D eigenvalue weighted by Gasteiger charge is 2.14. The summed E-state index contributed by atoms with van der Waals surface area (Å²) in [4.78, 5) is 15.9. The first-order chi connectivity index (χ1) is 11.7. The first-order valence-corrected chi connectivity index (χ1v) is 8.64.